The fourth-order valence-electron chi connectivity index (χ4n) is 2.74. The van der Waals surface area contributed by atoms with Crippen LogP contribution >= 0.6 is 22.9 Å². The molecule has 4 N–H and O–H groups in total. The van der Waals surface area contributed by atoms with Crippen molar-refractivity contribution in [3.8, 4) is 26.9 Å². The van der Waals surface area contributed by atoms with Crippen molar-refractivity contribution in [2.24, 2.45) is 5.73 Å². The van der Waals surface area contributed by atoms with Crippen molar-refractivity contribution in [3.05, 3.63) is 40.8 Å². The number of aliphatic hydroxyl groups excluding tert-OH is 1. The summed E-state index contributed by atoms with van der Waals surface area (Å²) in [5.74, 6) is 0.114. The zero-order valence-corrected chi connectivity index (χ0v) is 19.3. The Balaban J connectivity index is 1.86. The van der Waals surface area contributed by atoms with E-state index in [-0.39, 0.29) is 23.4 Å². The standard InChI is InChI=1S/C21H25ClFN5O2S/c1-10(2)25-19-6-13(5-11(3)26-19)20-27-28-21(31-20)14-7-16(23)18(8-15(14)22)30-9-17(24)12(4)29/h5-8,10,12,17,29H,9,24H2,1-4H3,(H,25,26). The van der Waals surface area contributed by atoms with E-state index in [1.165, 1.54) is 23.5 Å². The maximum atomic E-state index is 14.6. The summed E-state index contributed by atoms with van der Waals surface area (Å²) in [6, 6.07) is 6.07. The molecule has 2 atom stereocenters. The Labute approximate surface area is 189 Å². The Kier molecular flexibility index (Phi) is 7.42. The first kappa shape index (κ1) is 23.3. The van der Waals surface area contributed by atoms with E-state index >= 15 is 0 Å². The minimum Gasteiger partial charge on any atom is -0.489 e. The lowest BCUT2D eigenvalue weighted by atomic mass is 10.2. The van der Waals surface area contributed by atoms with Gasteiger partial charge in [0.05, 0.1) is 17.2 Å². The number of nitrogens with zero attached hydrogens (tertiary/aromatic N) is 3. The van der Waals surface area contributed by atoms with Crippen LogP contribution < -0.4 is 15.8 Å². The van der Waals surface area contributed by atoms with E-state index in [1.807, 2.05) is 32.9 Å². The number of nitrogens with two attached hydrogens (primary N) is 1. The third-order valence-corrected chi connectivity index (χ3v) is 5.68. The van der Waals surface area contributed by atoms with E-state index in [4.69, 9.17) is 22.1 Å². The number of ether oxygens (including phenoxy) is 1. The first-order valence-electron chi connectivity index (χ1n) is 9.79. The smallest absolute Gasteiger partial charge is 0.165 e. The molecule has 3 rings (SSSR count). The van der Waals surface area contributed by atoms with Gasteiger partial charge in [-0.2, -0.15) is 0 Å². The van der Waals surface area contributed by atoms with Crippen LogP contribution in [0.3, 0.4) is 0 Å². The minimum atomic E-state index is -0.773. The van der Waals surface area contributed by atoms with Crippen molar-refractivity contribution >= 4 is 28.8 Å². The molecule has 0 amide bonds. The summed E-state index contributed by atoms with van der Waals surface area (Å²) >= 11 is 7.67. The average molecular weight is 466 g/mol. The van der Waals surface area contributed by atoms with Crippen LogP contribution in [-0.2, 0) is 0 Å². The lowest BCUT2D eigenvalue weighted by Gasteiger charge is -2.16. The summed E-state index contributed by atoms with van der Waals surface area (Å²) in [4.78, 5) is 4.48. The third-order valence-electron chi connectivity index (χ3n) is 4.36. The lowest BCUT2D eigenvalue weighted by molar-refractivity contribution is 0.129. The first-order chi connectivity index (χ1) is 14.6. The molecule has 2 heterocycles. The van der Waals surface area contributed by atoms with E-state index < -0.39 is 18.0 Å². The van der Waals surface area contributed by atoms with E-state index in [2.05, 4.69) is 20.5 Å². The maximum Gasteiger partial charge on any atom is 0.165 e. The average Bonchev–Trinajstić information content (AvgIpc) is 3.17. The van der Waals surface area contributed by atoms with Crippen LogP contribution in [0.15, 0.2) is 24.3 Å². The van der Waals surface area contributed by atoms with Crippen LogP contribution in [-0.4, -0.2) is 45.1 Å². The van der Waals surface area contributed by atoms with Gasteiger partial charge in [-0.1, -0.05) is 22.9 Å². The fourth-order valence-corrected chi connectivity index (χ4v) is 3.90. The molecule has 0 saturated carbocycles. The Bertz CT molecular complexity index is 1060. The van der Waals surface area contributed by atoms with Gasteiger partial charge in [-0.3, -0.25) is 0 Å². The molecule has 0 spiro atoms. The summed E-state index contributed by atoms with van der Waals surface area (Å²) in [6.45, 7) is 7.48. The normalized spacial score (nSPS) is 13.3. The summed E-state index contributed by atoms with van der Waals surface area (Å²) < 4.78 is 20.0. The zero-order valence-electron chi connectivity index (χ0n) is 17.7. The number of aryl methyl sites for hydroxylation is 1. The van der Waals surface area contributed by atoms with E-state index in [0.717, 1.165) is 17.1 Å². The highest BCUT2D eigenvalue weighted by atomic mass is 35.5. The molecular formula is C21H25ClFN5O2S. The molecule has 10 heteroatoms. The van der Waals surface area contributed by atoms with Crippen molar-refractivity contribution in [3.63, 3.8) is 0 Å². The van der Waals surface area contributed by atoms with Gasteiger partial charge >= 0.3 is 0 Å². The molecule has 2 unspecified atom stereocenters. The summed E-state index contributed by atoms with van der Waals surface area (Å²) in [6.07, 6.45) is -0.773. The predicted molar refractivity (Wildman–Crippen MR) is 122 cm³/mol. The highest BCUT2D eigenvalue weighted by Crippen LogP contribution is 2.37. The molecule has 3 aromatic rings. The van der Waals surface area contributed by atoms with E-state index in [0.29, 0.717) is 15.6 Å². The summed E-state index contributed by atoms with van der Waals surface area (Å²) in [5, 5.41) is 22.6. The number of hydrogen-bond donors (Lipinski definition) is 3. The van der Waals surface area contributed by atoms with Gasteiger partial charge in [0.2, 0.25) is 0 Å². The van der Waals surface area contributed by atoms with E-state index in [1.54, 1.807) is 6.92 Å². The topological polar surface area (TPSA) is 106 Å². The number of hydrogen-bond acceptors (Lipinski definition) is 8. The van der Waals surface area contributed by atoms with Gasteiger partial charge in [0.1, 0.15) is 22.4 Å². The molecule has 1 aromatic carbocycles. The van der Waals surface area contributed by atoms with Crippen LogP contribution in [0.1, 0.15) is 26.5 Å². The van der Waals surface area contributed by atoms with Crippen LogP contribution in [0.4, 0.5) is 10.2 Å². The number of benzene rings is 1. The number of aliphatic hydroxyl groups is 1. The van der Waals surface area contributed by atoms with E-state index in [9.17, 15) is 9.50 Å². The van der Waals surface area contributed by atoms with Crippen LogP contribution in [0, 0.1) is 12.7 Å². The minimum absolute atomic E-state index is 0.0382. The molecule has 0 aliphatic rings. The summed E-state index contributed by atoms with van der Waals surface area (Å²) in [7, 11) is 0. The SMILES string of the molecule is Cc1cc(-c2nnc(-c3cc(F)c(OCC(N)C(C)O)cc3Cl)s2)cc(NC(C)C)n1. The Hall–Kier alpha value is -2.33. The molecule has 0 radical (unpaired) electrons. The van der Waals surface area contributed by atoms with Gasteiger partial charge in [-0.25, -0.2) is 9.37 Å². The highest BCUT2D eigenvalue weighted by molar-refractivity contribution is 7.18. The zero-order chi connectivity index (χ0) is 22.7. The van der Waals surface area contributed by atoms with Gasteiger partial charge < -0.3 is 20.9 Å². The highest BCUT2D eigenvalue weighted by Gasteiger charge is 2.18. The monoisotopic (exact) mass is 465 g/mol. The number of anilines is 1. The van der Waals surface area contributed by atoms with Crippen molar-refractivity contribution in [2.75, 3.05) is 11.9 Å². The van der Waals surface area contributed by atoms with Gasteiger partial charge in [-0.15, -0.1) is 10.2 Å². The quantitative estimate of drug-likeness (QED) is 0.456. The van der Waals surface area contributed by atoms with Crippen LogP contribution in [0.2, 0.25) is 5.02 Å². The molecule has 166 valence electrons. The fraction of sp³-hybridized carbons (Fsp3) is 0.381. The molecule has 0 aliphatic carbocycles. The second-order valence-corrected chi connectivity index (χ2v) is 8.96. The molecule has 31 heavy (non-hydrogen) atoms. The largest absolute Gasteiger partial charge is 0.489 e. The van der Waals surface area contributed by atoms with Gasteiger partial charge in [0.25, 0.3) is 0 Å². The number of pyridine rings is 1. The predicted octanol–water partition coefficient (Wildman–Crippen LogP) is 4.28. The van der Waals surface area contributed by atoms with Crippen LogP contribution in [0.5, 0.6) is 5.75 Å². The number of aromatic nitrogens is 3. The Morgan fingerprint density at radius 3 is 2.58 bits per heavy atom. The molecular weight excluding hydrogens is 441 g/mol. The van der Waals surface area contributed by atoms with Crippen molar-refractivity contribution in [1.29, 1.82) is 0 Å². The van der Waals surface area contributed by atoms with Gasteiger partial charge in [0, 0.05) is 28.9 Å². The second kappa shape index (κ2) is 9.86. The Morgan fingerprint density at radius 1 is 1.19 bits per heavy atom. The van der Waals surface area contributed by atoms with Crippen molar-refractivity contribution < 1.29 is 14.2 Å². The molecule has 0 saturated heterocycles. The second-order valence-electron chi connectivity index (χ2n) is 7.57. The van der Waals surface area contributed by atoms with Crippen molar-refractivity contribution in [2.45, 2.75) is 45.9 Å². The van der Waals surface area contributed by atoms with Gasteiger partial charge in [-0.05, 0) is 45.9 Å². The molecule has 0 aliphatic heterocycles. The molecule has 2 aromatic heterocycles. The number of rotatable bonds is 8. The van der Waals surface area contributed by atoms with Crippen molar-refractivity contribution in [1.82, 2.24) is 15.2 Å². The third kappa shape index (κ3) is 5.88. The maximum absolute atomic E-state index is 14.6. The number of nitrogens with one attached hydrogen (secondary N) is 1. The summed E-state index contributed by atoms with van der Waals surface area (Å²) in [5.41, 5.74) is 7.85. The molecule has 7 nitrogen and oxygen atoms in total. The molecule has 0 fully saturated rings. The first-order valence-corrected chi connectivity index (χ1v) is 11.0. The lowest BCUT2D eigenvalue weighted by Crippen LogP contribution is -2.38. The Morgan fingerprint density at radius 2 is 1.90 bits per heavy atom. The number of halogens is 2. The molecule has 0 bridgehead atoms. The van der Waals surface area contributed by atoms with Crippen LogP contribution in [0.25, 0.3) is 21.1 Å². The van der Waals surface area contributed by atoms with Gasteiger partial charge in [0.15, 0.2) is 11.6 Å².